The van der Waals surface area contributed by atoms with Crippen molar-refractivity contribution < 1.29 is 14.8 Å². The van der Waals surface area contributed by atoms with Crippen LogP contribution in [-0.2, 0) is 0 Å². The summed E-state index contributed by atoms with van der Waals surface area (Å²) in [7, 11) is 0. The standard InChI is InChI=1S/C22H16N2O2Se/c1-3-13-21-17(9-1)19-11-5-7-15-23(19)27(25-21)24-16-8-6-12-20(24)18-10-2-4-14-22(18)26-27/h1-16H/q+2. The van der Waals surface area contributed by atoms with Crippen LogP contribution in [0.25, 0.3) is 22.5 Å². The Bertz CT molecular complexity index is 1110. The van der Waals surface area contributed by atoms with Gasteiger partial charge in [0.2, 0.25) is 0 Å². The number of aromatic nitrogens is 2. The van der Waals surface area contributed by atoms with Crippen LogP contribution >= 0.6 is 0 Å². The van der Waals surface area contributed by atoms with Crippen molar-refractivity contribution in [1.82, 2.24) is 0 Å². The number of pyridine rings is 2. The molecule has 5 heteroatoms. The average Bonchev–Trinajstić information content (AvgIpc) is 2.74. The maximum atomic E-state index is 6.73. The fourth-order valence-corrected chi connectivity index (χ4v) is 9.07. The zero-order valence-electron chi connectivity index (χ0n) is 14.4. The van der Waals surface area contributed by atoms with Crippen LogP contribution in [0.3, 0.4) is 0 Å². The molecule has 0 fully saturated rings. The van der Waals surface area contributed by atoms with E-state index in [0.29, 0.717) is 0 Å². The Labute approximate surface area is 160 Å². The van der Waals surface area contributed by atoms with E-state index in [1.165, 1.54) is 0 Å². The summed E-state index contributed by atoms with van der Waals surface area (Å²) in [6, 6.07) is 28.8. The third-order valence-corrected chi connectivity index (χ3v) is 9.95. The molecule has 0 saturated heterocycles. The van der Waals surface area contributed by atoms with Crippen LogP contribution in [0.15, 0.2) is 97.3 Å². The normalized spacial score (nSPS) is 16.0. The molecule has 4 heterocycles. The van der Waals surface area contributed by atoms with Gasteiger partial charge in [-0.2, -0.15) is 0 Å². The summed E-state index contributed by atoms with van der Waals surface area (Å²) in [5, 5.41) is 0. The SMILES string of the molecule is c1ccc2c(c1)O[Se]1(Oc3ccccc3-c3cccc[n+]31)[n+]1ccccc1-2. The topological polar surface area (TPSA) is 26.2 Å². The third kappa shape index (κ3) is 1.98. The van der Waals surface area contributed by atoms with E-state index in [2.05, 4.69) is 56.0 Å². The molecule has 0 N–H and O–H groups in total. The van der Waals surface area contributed by atoms with E-state index in [0.717, 1.165) is 34.0 Å². The molecule has 0 saturated carbocycles. The summed E-state index contributed by atoms with van der Waals surface area (Å²) in [4.78, 5) is 0. The Kier molecular flexibility index (Phi) is 3.01. The molecule has 4 nitrogen and oxygen atoms in total. The van der Waals surface area contributed by atoms with Crippen LogP contribution in [0.2, 0.25) is 0 Å². The molecule has 6 rings (SSSR count). The molecule has 0 aliphatic carbocycles. The van der Waals surface area contributed by atoms with Crippen molar-refractivity contribution in [2.45, 2.75) is 0 Å². The van der Waals surface area contributed by atoms with Gasteiger partial charge < -0.3 is 0 Å². The van der Waals surface area contributed by atoms with E-state index in [-0.39, 0.29) is 0 Å². The fraction of sp³-hybridized carbons (Fsp3) is 0. The summed E-state index contributed by atoms with van der Waals surface area (Å²) < 4.78 is 17.9. The first kappa shape index (κ1) is 15.0. The predicted molar refractivity (Wildman–Crippen MR) is 102 cm³/mol. The van der Waals surface area contributed by atoms with Gasteiger partial charge in [0.05, 0.1) is 0 Å². The average molecular weight is 419 g/mol. The van der Waals surface area contributed by atoms with Crippen LogP contribution in [0.5, 0.6) is 11.5 Å². The number of hydrogen-bond donors (Lipinski definition) is 0. The quantitative estimate of drug-likeness (QED) is 0.409. The molecule has 2 aromatic carbocycles. The van der Waals surface area contributed by atoms with Gasteiger partial charge in [-0.15, -0.1) is 0 Å². The van der Waals surface area contributed by atoms with Crippen molar-refractivity contribution in [1.29, 1.82) is 0 Å². The van der Waals surface area contributed by atoms with E-state index in [1.54, 1.807) is 0 Å². The minimum absolute atomic E-state index is 0.866. The fourth-order valence-electron chi connectivity index (χ4n) is 3.68. The molecule has 0 radical (unpaired) electrons. The van der Waals surface area contributed by atoms with Crippen LogP contribution in [0, 0.1) is 0 Å². The van der Waals surface area contributed by atoms with E-state index in [9.17, 15) is 0 Å². The van der Waals surface area contributed by atoms with E-state index in [4.69, 9.17) is 7.64 Å². The molecular weight excluding hydrogens is 403 g/mol. The van der Waals surface area contributed by atoms with Gasteiger partial charge in [0.15, 0.2) is 0 Å². The first-order valence-electron chi connectivity index (χ1n) is 8.80. The Balaban J connectivity index is 1.71. The van der Waals surface area contributed by atoms with Crippen molar-refractivity contribution in [2.24, 2.45) is 0 Å². The molecule has 0 atom stereocenters. The Morgan fingerprint density at radius 2 is 0.963 bits per heavy atom. The first-order chi connectivity index (χ1) is 13.4. The molecule has 0 bridgehead atoms. The van der Waals surface area contributed by atoms with Crippen molar-refractivity contribution >= 4 is 13.9 Å². The number of hydrogen-bond acceptors (Lipinski definition) is 2. The molecule has 27 heavy (non-hydrogen) atoms. The first-order valence-corrected chi connectivity index (χ1v) is 11.7. The predicted octanol–water partition coefficient (Wildman–Crippen LogP) is 3.21. The molecule has 0 unspecified atom stereocenters. The molecule has 2 aromatic heterocycles. The van der Waals surface area contributed by atoms with E-state index >= 15 is 0 Å². The molecule has 130 valence electrons. The summed E-state index contributed by atoms with van der Waals surface area (Å²) in [5.41, 5.74) is 4.39. The van der Waals surface area contributed by atoms with E-state index in [1.807, 2.05) is 48.5 Å². The number of para-hydroxylation sites is 2. The van der Waals surface area contributed by atoms with Crippen molar-refractivity contribution in [3.05, 3.63) is 97.3 Å². The molecule has 1 spiro atoms. The van der Waals surface area contributed by atoms with Gasteiger partial charge in [0.25, 0.3) is 0 Å². The monoisotopic (exact) mass is 420 g/mol. The maximum absolute atomic E-state index is 6.73. The van der Waals surface area contributed by atoms with Crippen molar-refractivity contribution in [2.75, 3.05) is 0 Å². The second kappa shape index (κ2) is 5.43. The molecule has 0 amide bonds. The second-order valence-corrected chi connectivity index (χ2v) is 10.7. The molecular formula is C22H16N2O2Se+2. The Morgan fingerprint density at radius 1 is 0.519 bits per heavy atom. The second-order valence-electron chi connectivity index (χ2n) is 6.43. The van der Waals surface area contributed by atoms with Gasteiger partial charge in [0, 0.05) is 0 Å². The summed E-state index contributed by atoms with van der Waals surface area (Å²) >= 11 is -3.32. The van der Waals surface area contributed by atoms with Crippen LogP contribution in [0.1, 0.15) is 0 Å². The third-order valence-electron chi connectivity index (χ3n) is 4.87. The zero-order valence-corrected chi connectivity index (χ0v) is 16.1. The molecule has 2 aliphatic heterocycles. The number of benzene rings is 2. The van der Waals surface area contributed by atoms with Crippen LogP contribution in [0.4, 0.5) is 0 Å². The molecule has 2 aliphatic rings. The van der Waals surface area contributed by atoms with Crippen LogP contribution < -0.4 is 14.8 Å². The van der Waals surface area contributed by atoms with Gasteiger partial charge in [-0.25, -0.2) is 0 Å². The number of nitrogens with zero attached hydrogens (tertiary/aromatic N) is 2. The van der Waals surface area contributed by atoms with Crippen molar-refractivity contribution in [3.63, 3.8) is 0 Å². The van der Waals surface area contributed by atoms with Gasteiger partial charge >= 0.3 is 160 Å². The minimum atomic E-state index is -3.32. The van der Waals surface area contributed by atoms with Gasteiger partial charge in [-0.05, 0) is 0 Å². The number of fused-ring (bicyclic) bond motifs is 8. The summed E-state index contributed by atoms with van der Waals surface area (Å²) in [5.74, 6) is 1.73. The van der Waals surface area contributed by atoms with Gasteiger partial charge in [0.1, 0.15) is 0 Å². The van der Waals surface area contributed by atoms with E-state index < -0.39 is 13.9 Å². The Morgan fingerprint density at radius 3 is 1.48 bits per heavy atom. The summed E-state index contributed by atoms with van der Waals surface area (Å²) in [6.45, 7) is 0. The summed E-state index contributed by atoms with van der Waals surface area (Å²) in [6.07, 6.45) is 4.14. The molecule has 4 aromatic rings. The van der Waals surface area contributed by atoms with Gasteiger partial charge in [-0.3, -0.25) is 0 Å². The Hall–Kier alpha value is -3.14. The van der Waals surface area contributed by atoms with Crippen LogP contribution in [-0.4, -0.2) is 13.9 Å². The zero-order chi connectivity index (χ0) is 17.8. The number of rotatable bonds is 0. The van der Waals surface area contributed by atoms with Gasteiger partial charge in [-0.1, -0.05) is 0 Å². The van der Waals surface area contributed by atoms with Crippen molar-refractivity contribution in [3.8, 4) is 34.0 Å².